The van der Waals surface area contributed by atoms with Gasteiger partial charge in [-0.25, -0.2) is 4.98 Å². The molecule has 1 heterocycles. The van der Waals surface area contributed by atoms with Crippen LogP contribution in [0.15, 0.2) is 66.1 Å². The summed E-state index contributed by atoms with van der Waals surface area (Å²) < 4.78 is 8.16. The summed E-state index contributed by atoms with van der Waals surface area (Å²) in [5.74, 6) is 0.781. The summed E-state index contributed by atoms with van der Waals surface area (Å²) in [6.45, 7) is 1.25. The zero-order valence-electron chi connectivity index (χ0n) is 13.8. The lowest BCUT2D eigenvalue weighted by molar-refractivity contribution is 0.0450. The molecular formula is C19H17Cl3N2OS. The third-order valence-electron chi connectivity index (χ3n) is 3.70. The zero-order valence-corrected chi connectivity index (χ0v) is 16.9. The van der Waals surface area contributed by atoms with Gasteiger partial charge in [0.2, 0.25) is 0 Å². The van der Waals surface area contributed by atoms with Gasteiger partial charge in [0.1, 0.15) is 0 Å². The summed E-state index contributed by atoms with van der Waals surface area (Å²) in [5.41, 5.74) is 1.09. The minimum absolute atomic E-state index is 0.0133. The Bertz CT molecular complexity index is 825. The van der Waals surface area contributed by atoms with E-state index in [-0.39, 0.29) is 6.10 Å². The number of imidazole rings is 1. The minimum atomic E-state index is 0.0133. The van der Waals surface area contributed by atoms with Crippen LogP contribution in [0.3, 0.4) is 0 Å². The second-order valence-corrected chi connectivity index (χ2v) is 8.05. The number of benzene rings is 2. The molecule has 1 unspecified atom stereocenters. The first-order chi connectivity index (χ1) is 12.6. The van der Waals surface area contributed by atoms with Crippen LogP contribution in [0.1, 0.15) is 5.56 Å². The Balaban J connectivity index is 1.62. The molecule has 0 fully saturated rings. The van der Waals surface area contributed by atoms with Crippen LogP contribution < -0.4 is 0 Å². The van der Waals surface area contributed by atoms with Crippen molar-refractivity contribution >= 4 is 46.6 Å². The largest absolute Gasteiger partial charge is 0.371 e. The summed E-state index contributed by atoms with van der Waals surface area (Å²) >= 11 is 19.7. The van der Waals surface area contributed by atoms with E-state index in [9.17, 15) is 0 Å². The molecule has 0 aliphatic rings. The summed E-state index contributed by atoms with van der Waals surface area (Å²) in [6, 6.07) is 13.3. The van der Waals surface area contributed by atoms with E-state index in [0.717, 1.165) is 27.8 Å². The molecule has 0 saturated carbocycles. The summed E-state index contributed by atoms with van der Waals surface area (Å²) in [6.07, 6.45) is 5.51. The molecule has 7 heteroatoms. The van der Waals surface area contributed by atoms with Crippen molar-refractivity contribution in [3.63, 3.8) is 0 Å². The molecule has 26 heavy (non-hydrogen) atoms. The molecule has 1 aromatic heterocycles. The van der Waals surface area contributed by atoms with Crippen molar-refractivity contribution in [2.75, 3.05) is 5.75 Å². The van der Waals surface area contributed by atoms with E-state index in [1.807, 2.05) is 53.2 Å². The van der Waals surface area contributed by atoms with E-state index < -0.39 is 0 Å². The molecular weight excluding hydrogens is 411 g/mol. The number of nitrogens with zero attached hydrogens (tertiary/aromatic N) is 2. The van der Waals surface area contributed by atoms with E-state index in [1.54, 1.807) is 24.3 Å². The quantitative estimate of drug-likeness (QED) is 0.399. The molecule has 0 radical (unpaired) electrons. The second-order valence-electron chi connectivity index (χ2n) is 5.71. The van der Waals surface area contributed by atoms with Crippen LogP contribution in [0.4, 0.5) is 0 Å². The highest BCUT2D eigenvalue weighted by atomic mass is 35.5. The lowest BCUT2D eigenvalue weighted by Gasteiger charge is -2.18. The lowest BCUT2D eigenvalue weighted by Crippen LogP contribution is -2.22. The highest BCUT2D eigenvalue weighted by Crippen LogP contribution is 2.29. The normalized spacial score (nSPS) is 12.3. The van der Waals surface area contributed by atoms with E-state index in [4.69, 9.17) is 39.5 Å². The van der Waals surface area contributed by atoms with E-state index >= 15 is 0 Å². The summed E-state index contributed by atoms with van der Waals surface area (Å²) in [7, 11) is 0. The van der Waals surface area contributed by atoms with Crippen molar-refractivity contribution < 1.29 is 4.74 Å². The smallest absolute Gasteiger partial charge is 0.0946 e. The Kier molecular flexibility index (Phi) is 7.29. The Morgan fingerprint density at radius 1 is 1.04 bits per heavy atom. The van der Waals surface area contributed by atoms with Gasteiger partial charge in [-0.3, -0.25) is 0 Å². The molecule has 3 nitrogen and oxygen atoms in total. The highest BCUT2D eigenvalue weighted by molar-refractivity contribution is 7.99. The van der Waals surface area contributed by atoms with Crippen LogP contribution in [0.25, 0.3) is 0 Å². The molecule has 0 N–H and O–H groups in total. The Morgan fingerprint density at radius 2 is 1.85 bits per heavy atom. The maximum atomic E-state index is 6.15. The predicted molar refractivity (Wildman–Crippen MR) is 109 cm³/mol. The maximum absolute atomic E-state index is 6.15. The van der Waals surface area contributed by atoms with Crippen molar-refractivity contribution in [2.24, 2.45) is 0 Å². The number of rotatable bonds is 8. The average molecular weight is 428 g/mol. The first-order valence-electron chi connectivity index (χ1n) is 8.00. The van der Waals surface area contributed by atoms with Gasteiger partial charge < -0.3 is 9.30 Å². The summed E-state index contributed by atoms with van der Waals surface area (Å²) in [4.78, 5) is 5.16. The molecule has 0 amide bonds. The van der Waals surface area contributed by atoms with E-state index in [1.165, 1.54) is 0 Å². The van der Waals surface area contributed by atoms with Gasteiger partial charge in [-0.2, -0.15) is 0 Å². The maximum Gasteiger partial charge on any atom is 0.0946 e. The number of halogens is 3. The van der Waals surface area contributed by atoms with E-state index in [0.29, 0.717) is 16.7 Å². The van der Waals surface area contributed by atoms with Crippen molar-refractivity contribution in [3.05, 3.63) is 81.8 Å². The SMILES string of the molecule is Clc1ccc(COC(CSc2ccc(Cl)c(Cl)c2)Cn2ccnc2)cc1. The average Bonchev–Trinajstić information content (AvgIpc) is 3.14. The van der Waals surface area contributed by atoms with Gasteiger partial charge in [-0.1, -0.05) is 46.9 Å². The van der Waals surface area contributed by atoms with E-state index in [2.05, 4.69) is 4.98 Å². The fourth-order valence-corrected chi connectivity index (χ4v) is 3.77. The van der Waals surface area contributed by atoms with Crippen molar-refractivity contribution in [2.45, 2.75) is 24.2 Å². The minimum Gasteiger partial charge on any atom is -0.371 e. The standard InChI is InChI=1S/C19H17Cl3N2OS/c20-15-3-1-14(2-4-15)11-25-16(10-24-8-7-23-13-24)12-26-17-5-6-18(21)19(22)9-17/h1-9,13,16H,10-12H2. The molecule has 1 atom stereocenters. The molecule has 0 saturated heterocycles. The van der Waals surface area contributed by atoms with Gasteiger partial charge in [0, 0.05) is 28.1 Å². The van der Waals surface area contributed by atoms with Crippen molar-refractivity contribution in [1.82, 2.24) is 9.55 Å². The lowest BCUT2D eigenvalue weighted by atomic mass is 10.2. The Labute approximate surface area is 172 Å². The first kappa shape index (κ1) is 19.6. The number of thioether (sulfide) groups is 1. The number of hydrogen-bond acceptors (Lipinski definition) is 3. The molecule has 3 aromatic rings. The molecule has 2 aromatic carbocycles. The van der Waals surface area contributed by atoms with Gasteiger partial charge in [-0.15, -0.1) is 11.8 Å². The molecule has 136 valence electrons. The monoisotopic (exact) mass is 426 g/mol. The van der Waals surface area contributed by atoms with Crippen LogP contribution in [0.5, 0.6) is 0 Å². The fraction of sp³-hybridized carbons (Fsp3) is 0.211. The number of hydrogen-bond donors (Lipinski definition) is 0. The molecule has 0 aliphatic carbocycles. The molecule has 3 rings (SSSR count). The van der Waals surface area contributed by atoms with Crippen LogP contribution in [-0.2, 0) is 17.9 Å². The van der Waals surface area contributed by atoms with Gasteiger partial charge in [0.25, 0.3) is 0 Å². The van der Waals surface area contributed by atoms with Crippen molar-refractivity contribution in [1.29, 1.82) is 0 Å². The van der Waals surface area contributed by atoms with Gasteiger partial charge in [0.05, 0.1) is 35.6 Å². The molecule has 0 bridgehead atoms. The van der Waals surface area contributed by atoms with Gasteiger partial charge in [-0.05, 0) is 35.9 Å². The third-order valence-corrected chi connectivity index (χ3v) is 5.82. The third kappa shape index (κ3) is 5.93. The van der Waals surface area contributed by atoms with Gasteiger partial charge >= 0.3 is 0 Å². The Hall–Kier alpha value is -1.17. The first-order valence-corrected chi connectivity index (χ1v) is 10.1. The predicted octanol–water partition coefficient (Wildman–Crippen LogP) is 6.22. The molecule has 0 spiro atoms. The van der Waals surface area contributed by atoms with Crippen LogP contribution in [-0.4, -0.2) is 21.4 Å². The fourth-order valence-electron chi connectivity index (χ4n) is 2.33. The van der Waals surface area contributed by atoms with Crippen LogP contribution >= 0.6 is 46.6 Å². The topological polar surface area (TPSA) is 27.1 Å². The highest BCUT2D eigenvalue weighted by Gasteiger charge is 2.12. The Morgan fingerprint density at radius 3 is 2.54 bits per heavy atom. The second kappa shape index (κ2) is 9.67. The number of ether oxygens (including phenoxy) is 1. The summed E-state index contributed by atoms with van der Waals surface area (Å²) in [5, 5.41) is 1.84. The zero-order chi connectivity index (χ0) is 18.4. The number of aromatic nitrogens is 2. The van der Waals surface area contributed by atoms with Gasteiger partial charge in [0.15, 0.2) is 0 Å². The van der Waals surface area contributed by atoms with Crippen LogP contribution in [0, 0.1) is 0 Å². The van der Waals surface area contributed by atoms with Crippen molar-refractivity contribution in [3.8, 4) is 0 Å². The van der Waals surface area contributed by atoms with Crippen LogP contribution in [0.2, 0.25) is 15.1 Å². The molecule has 0 aliphatic heterocycles.